The molecule has 0 atom stereocenters. The van der Waals surface area contributed by atoms with E-state index < -0.39 is 11.9 Å². The zero-order valence-electron chi connectivity index (χ0n) is 15.4. The quantitative estimate of drug-likeness (QED) is 0.514. The van der Waals surface area contributed by atoms with E-state index in [4.69, 9.17) is 14.6 Å². The van der Waals surface area contributed by atoms with Crippen molar-refractivity contribution in [3.05, 3.63) is 77.1 Å². The Morgan fingerprint density at radius 2 is 1.90 bits per heavy atom. The first kappa shape index (κ1) is 18.2. The van der Waals surface area contributed by atoms with Gasteiger partial charge in [-0.15, -0.1) is 0 Å². The number of fused-ring (bicyclic) bond motifs is 1. The van der Waals surface area contributed by atoms with Gasteiger partial charge in [-0.2, -0.15) is 0 Å². The molecule has 0 bridgehead atoms. The third-order valence-electron chi connectivity index (χ3n) is 4.34. The summed E-state index contributed by atoms with van der Waals surface area (Å²) in [6.45, 7) is 0. The van der Waals surface area contributed by atoms with Crippen molar-refractivity contribution in [3.8, 4) is 5.75 Å². The number of hydrogen-bond donors (Lipinski definition) is 2. The summed E-state index contributed by atoms with van der Waals surface area (Å²) in [7, 11) is 1.60. The molecule has 0 fully saturated rings. The lowest BCUT2D eigenvalue weighted by Gasteiger charge is -1.97. The van der Waals surface area contributed by atoms with Crippen molar-refractivity contribution in [1.29, 1.82) is 0 Å². The van der Waals surface area contributed by atoms with Crippen LogP contribution in [-0.4, -0.2) is 35.0 Å². The average molecular weight is 388 g/mol. The summed E-state index contributed by atoms with van der Waals surface area (Å²) in [5, 5.41) is 9.59. The lowest BCUT2D eigenvalue weighted by Crippen LogP contribution is -2.05. The number of aromatic amines is 1. The fourth-order valence-corrected chi connectivity index (χ4v) is 2.91. The zero-order valence-corrected chi connectivity index (χ0v) is 15.4. The molecule has 144 valence electrons. The first-order valence-electron chi connectivity index (χ1n) is 8.72. The number of carbonyl (C=O) groups excluding carboxylic acids is 1. The van der Waals surface area contributed by atoms with E-state index in [1.54, 1.807) is 37.5 Å². The van der Waals surface area contributed by atoms with E-state index in [0.717, 1.165) is 33.9 Å². The van der Waals surface area contributed by atoms with E-state index in [1.807, 2.05) is 24.3 Å². The molecule has 2 N–H and O–H groups in total. The van der Waals surface area contributed by atoms with Gasteiger partial charge in [0.25, 0.3) is 0 Å². The number of aliphatic carboxylic acids is 1. The number of hydrogen-bond acceptors (Lipinski definition) is 5. The van der Waals surface area contributed by atoms with Gasteiger partial charge in [0.05, 0.1) is 7.11 Å². The Morgan fingerprint density at radius 1 is 1.14 bits per heavy atom. The molecule has 2 heterocycles. The number of nitrogens with zero attached hydrogens (tertiary/aromatic N) is 1. The number of H-pyrrole nitrogens is 1. The van der Waals surface area contributed by atoms with Crippen molar-refractivity contribution in [2.45, 2.75) is 0 Å². The van der Waals surface area contributed by atoms with Gasteiger partial charge in [-0.05, 0) is 47.5 Å². The van der Waals surface area contributed by atoms with E-state index >= 15 is 0 Å². The molecule has 29 heavy (non-hydrogen) atoms. The molecule has 4 rings (SSSR count). The molecule has 0 unspecified atom stereocenters. The van der Waals surface area contributed by atoms with Crippen LogP contribution in [-0.2, 0) is 14.3 Å². The van der Waals surface area contributed by atoms with Gasteiger partial charge in [-0.25, -0.2) is 14.6 Å². The zero-order chi connectivity index (χ0) is 20.4. The van der Waals surface area contributed by atoms with Crippen LogP contribution >= 0.6 is 0 Å². The molecule has 7 nitrogen and oxygen atoms in total. The van der Waals surface area contributed by atoms with Gasteiger partial charge in [-0.3, -0.25) is 0 Å². The predicted molar refractivity (Wildman–Crippen MR) is 109 cm³/mol. The van der Waals surface area contributed by atoms with Gasteiger partial charge in [0.2, 0.25) is 5.90 Å². The summed E-state index contributed by atoms with van der Waals surface area (Å²) in [6, 6.07) is 14.5. The average Bonchev–Trinajstić information content (AvgIpc) is 3.30. The van der Waals surface area contributed by atoms with Crippen molar-refractivity contribution in [1.82, 2.24) is 4.98 Å². The van der Waals surface area contributed by atoms with E-state index in [0.29, 0.717) is 5.69 Å². The molecule has 0 saturated heterocycles. The van der Waals surface area contributed by atoms with Crippen molar-refractivity contribution in [3.63, 3.8) is 0 Å². The molecule has 3 aromatic rings. The summed E-state index contributed by atoms with van der Waals surface area (Å²) in [6.07, 6.45) is 4.17. The Labute approximate surface area is 165 Å². The summed E-state index contributed by atoms with van der Waals surface area (Å²) in [5.41, 5.74) is 3.14. The first-order valence-corrected chi connectivity index (χ1v) is 8.72. The fourth-order valence-electron chi connectivity index (χ4n) is 2.91. The van der Waals surface area contributed by atoms with Crippen molar-refractivity contribution < 1.29 is 24.2 Å². The van der Waals surface area contributed by atoms with Gasteiger partial charge in [0, 0.05) is 17.0 Å². The highest BCUT2D eigenvalue weighted by molar-refractivity contribution is 6.13. The molecular weight excluding hydrogens is 372 g/mol. The van der Waals surface area contributed by atoms with Crippen molar-refractivity contribution >= 4 is 40.9 Å². The molecule has 1 aliphatic rings. The highest BCUT2D eigenvalue weighted by atomic mass is 16.6. The Morgan fingerprint density at radius 3 is 2.62 bits per heavy atom. The maximum Gasteiger partial charge on any atom is 0.363 e. The molecule has 2 aromatic carbocycles. The van der Waals surface area contributed by atoms with Crippen LogP contribution in [0.4, 0.5) is 0 Å². The largest absolute Gasteiger partial charge is 0.497 e. The standard InChI is InChI=1S/C22H16N2O5/c1-28-16-7-8-17-15(11-16)12-18(23-17)21-24-19(22(27)29-21)10-14-4-2-13(3-5-14)6-9-20(25)26/h2-12,23H,1H3,(H,25,26)/b9-6+,19-10+. The number of esters is 1. The number of aromatic nitrogens is 1. The number of ether oxygens (including phenoxy) is 2. The molecule has 7 heteroatoms. The number of carbonyl (C=O) groups is 2. The van der Waals surface area contributed by atoms with Crippen LogP contribution in [0.3, 0.4) is 0 Å². The third-order valence-corrected chi connectivity index (χ3v) is 4.34. The summed E-state index contributed by atoms with van der Waals surface area (Å²) >= 11 is 0. The Hall–Kier alpha value is -4.13. The monoisotopic (exact) mass is 388 g/mol. The molecule has 0 saturated carbocycles. The minimum absolute atomic E-state index is 0.185. The second kappa shape index (κ2) is 7.47. The second-order valence-electron chi connectivity index (χ2n) is 6.31. The van der Waals surface area contributed by atoms with Gasteiger partial charge in [0.15, 0.2) is 5.70 Å². The highest BCUT2D eigenvalue weighted by Gasteiger charge is 2.25. The summed E-state index contributed by atoms with van der Waals surface area (Å²) in [5.74, 6) is -0.610. The number of methoxy groups -OCH3 is 1. The lowest BCUT2D eigenvalue weighted by atomic mass is 10.1. The number of carboxylic acids is 1. The van der Waals surface area contributed by atoms with Crippen molar-refractivity contribution in [2.75, 3.05) is 7.11 Å². The number of benzene rings is 2. The SMILES string of the molecule is COc1ccc2[nH]c(C3=N/C(=C/c4ccc(/C=C/C(=O)O)cc4)C(=O)O3)cc2c1. The van der Waals surface area contributed by atoms with Crippen LogP contribution in [0.2, 0.25) is 0 Å². The lowest BCUT2D eigenvalue weighted by molar-refractivity contribution is -0.131. The number of carboxylic acid groups (broad SMARTS) is 1. The van der Waals surface area contributed by atoms with Crippen LogP contribution in [0, 0.1) is 0 Å². The minimum Gasteiger partial charge on any atom is -0.497 e. The van der Waals surface area contributed by atoms with Crippen LogP contribution < -0.4 is 4.74 Å². The highest BCUT2D eigenvalue weighted by Crippen LogP contribution is 2.25. The molecule has 1 aliphatic heterocycles. The number of cyclic esters (lactones) is 1. The normalized spacial score (nSPS) is 15.1. The van der Waals surface area contributed by atoms with E-state index in [2.05, 4.69) is 9.98 Å². The number of rotatable bonds is 5. The minimum atomic E-state index is -1.01. The Bertz CT molecular complexity index is 1200. The smallest absolute Gasteiger partial charge is 0.363 e. The first-order chi connectivity index (χ1) is 14.0. The molecule has 0 spiro atoms. The van der Waals surface area contributed by atoms with E-state index in [9.17, 15) is 9.59 Å². The van der Waals surface area contributed by atoms with Crippen LogP contribution in [0.15, 0.2) is 65.3 Å². The van der Waals surface area contributed by atoms with E-state index in [-0.39, 0.29) is 11.6 Å². The second-order valence-corrected chi connectivity index (χ2v) is 6.31. The maximum absolute atomic E-state index is 12.2. The number of nitrogens with one attached hydrogen (secondary N) is 1. The molecule has 0 radical (unpaired) electrons. The topological polar surface area (TPSA) is 101 Å². The summed E-state index contributed by atoms with van der Waals surface area (Å²) < 4.78 is 10.5. The predicted octanol–water partition coefficient (Wildman–Crippen LogP) is 3.62. The Balaban J connectivity index is 1.59. The molecule has 1 aromatic heterocycles. The molecular formula is C22H16N2O5. The third kappa shape index (κ3) is 3.93. The van der Waals surface area contributed by atoms with Gasteiger partial charge in [-0.1, -0.05) is 24.3 Å². The molecule has 0 aliphatic carbocycles. The molecule has 0 amide bonds. The maximum atomic E-state index is 12.2. The van der Waals surface area contributed by atoms with Gasteiger partial charge < -0.3 is 19.6 Å². The summed E-state index contributed by atoms with van der Waals surface area (Å²) in [4.78, 5) is 30.3. The fraction of sp³-hybridized carbons (Fsp3) is 0.0455. The van der Waals surface area contributed by atoms with E-state index in [1.165, 1.54) is 6.08 Å². The van der Waals surface area contributed by atoms with Crippen molar-refractivity contribution in [2.24, 2.45) is 4.99 Å². The van der Waals surface area contributed by atoms with Crippen LogP contribution in [0.5, 0.6) is 5.75 Å². The van der Waals surface area contributed by atoms with Gasteiger partial charge in [0.1, 0.15) is 11.4 Å². The van der Waals surface area contributed by atoms with Gasteiger partial charge >= 0.3 is 11.9 Å². The van der Waals surface area contributed by atoms with Crippen LogP contribution in [0.1, 0.15) is 16.8 Å². The Kier molecular flexibility index (Phi) is 4.70. The van der Waals surface area contributed by atoms with Crippen LogP contribution in [0.25, 0.3) is 23.1 Å². The number of aliphatic imine (C=N–C) groups is 1.